The van der Waals surface area contributed by atoms with E-state index < -0.39 is 0 Å². The van der Waals surface area contributed by atoms with Crippen molar-refractivity contribution in [2.75, 3.05) is 6.61 Å². The lowest BCUT2D eigenvalue weighted by atomic mass is 10.1. The van der Waals surface area contributed by atoms with E-state index in [-0.39, 0.29) is 6.04 Å². The first-order valence-corrected chi connectivity index (χ1v) is 3.66. The van der Waals surface area contributed by atoms with Gasteiger partial charge in [0.2, 0.25) is 0 Å². The van der Waals surface area contributed by atoms with Gasteiger partial charge >= 0.3 is 0 Å². The van der Waals surface area contributed by atoms with E-state index in [1.54, 1.807) is 0 Å². The van der Waals surface area contributed by atoms with Crippen LogP contribution >= 0.6 is 0 Å². The van der Waals surface area contributed by atoms with Crippen LogP contribution in [0.2, 0.25) is 0 Å². The van der Waals surface area contributed by atoms with Gasteiger partial charge in [-0.05, 0) is 12.5 Å². The van der Waals surface area contributed by atoms with Crippen molar-refractivity contribution in [3.63, 3.8) is 0 Å². The summed E-state index contributed by atoms with van der Waals surface area (Å²) in [6.45, 7) is 0.728. The Morgan fingerprint density at radius 1 is 1.60 bits per heavy atom. The van der Waals surface area contributed by atoms with Crippen LogP contribution in [0.4, 0.5) is 0 Å². The van der Waals surface area contributed by atoms with Crippen LogP contribution in [0.3, 0.4) is 0 Å². The fourth-order valence-electron chi connectivity index (χ4n) is 1.49. The van der Waals surface area contributed by atoms with Crippen LogP contribution in [0.5, 0.6) is 0 Å². The first-order valence-electron chi connectivity index (χ1n) is 3.66. The highest BCUT2D eigenvalue weighted by Crippen LogP contribution is 2.28. The molecular formula is C8H11NO. The summed E-state index contributed by atoms with van der Waals surface area (Å²) in [5, 5.41) is 0. The van der Waals surface area contributed by atoms with Crippen molar-refractivity contribution in [2.24, 2.45) is 5.73 Å². The minimum Gasteiger partial charge on any atom is -0.494 e. The van der Waals surface area contributed by atoms with E-state index in [1.807, 2.05) is 6.08 Å². The Labute approximate surface area is 60.4 Å². The van der Waals surface area contributed by atoms with Gasteiger partial charge in [0, 0.05) is 18.0 Å². The first kappa shape index (κ1) is 5.98. The molecule has 2 heteroatoms. The summed E-state index contributed by atoms with van der Waals surface area (Å²) in [7, 11) is 0. The third kappa shape index (κ3) is 0.762. The Morgan fingerprint density at radius 3 is 3.30 bits per heavy atom. The lowest BCUT2D eigenvalue weighted by molar-refractivity contribution is 0.235. The van der Waals surface area contributed by atoms with Crippen LogP contribution in [-0.2, 0) is 4.74 Å². The maximum atomic E-state index is 5.80. The molecule has 0 spiro atoms. The molecule has 2 nitrogen and oxygen atoms in total. The molecule has 0 saturated heterocycles. The predicted octanol–water partition coefficient (Wildman–Crippen LogP) is 0.948. The summed E-state index contributed by atoms with van der Waals surface area (Å²) in [5.74, 6) is 1.12. The molecule has 0 amide bonds. The van der Waals surface area contributed by atoms with Crippen LogP contribution in [0.25, 0.3) is 0 Å². The molecule has 0 fully saturated rings. The molecule has 10 heavy (non-hydrogen) atoms. The molecule has 54 valence electrons. The molecule has 2 rings (SSSR count). The SMILES string of the molecule is N[C@H]1CCC2=C1C=CCO2. The zero-order valence-corrected chi connectivity index (χ0v) is 5.84. The molecule has 1 aliphatic carbocycles. The highest BCUT2D eigenvalue weighted by atomic mass is 16.5. The van der Waals surface area contributed by atoms with Crippen LogP contribution < -0.4 is 5.73 Å². The van der Waals surface area contributed by atoms with Crippen molar-refractivity contribution in [1.82, 2.24) is 0 Å². The number of ether oxygens (including phenoxy) is 1. The number of allylic oxidation sites excluding steroid dienone is 1. The van der Waals surface area contributed by atoms with E-state index in [1.165, 1.54) is 5.57 Å². The number of hydrogen-bond acceptors (Lipinski definition) is 2. The number of rotatable bonds is 0. The molecule has 0 aromatic heterocycles. The molecule has 0 saturated carbocycles. The summed E-state index contributed by atoms with van der Waals surface area (Å²) >= 11 is 0. The molecule has 0 unspecified atom stereocenters. The first-order chi connectivity index (χ1) is 4.88. The Balaban J connectivity index is 2.30. The third-order valence-electron chi connectivity index (χ3n) is 2.06. The van der Waals surface area contributed by atoms with Gasteiger partial charge in [0.15, 0.2) is 0 Å². The van der Waals surface area contributed by atoms with Crippen molar-refractivity contribution >= 4 is 0 Å². The Bertz CT molecular complexity index is 205. The van der Waals surface area contributed by atoms with Crippen LogP contribution in [0.15, 0.2) is 23.5 Å². The second-order valence-electron chi connectivity index (χ2n) is 2.74. The predicted molar refractivity (Wildman–Crippen MR) is 39.3 cm³/mol. The minimum atomic E-state index is 0.228. The zero-order chi connectivity index (χ0) is 6.97. The maximum absolute atomic E-state index is 5.80. The summed E-state index contributed by atoms with van der Waals surface area (Å²) in [5.41, 5.74) is 7.01. The van der Waals surface area contributed by atoms with E-state index in [0.717, 1.165) is 25.2 Å². The third-order valence-corrected chi connectivity index (χ3v) is 2.06. The maximum Gasteiger partial charge on any atom is 0.106 e. The molecular weight excluding hydrogens is 126 g/mol. The molecule has 0 bridgehead atoms. The van der Waals surface area contributed by atoms with Crippen molar-refractivity contribution in [3.05, 3.63) is 23.5 Å². The quantitative estimate of drug-likeness (QED) is 0.539. The van der Waals surface area contributed by atoms with E-state index in [2.05, 4.69) is 6.08 Å². The fraction of sp³-hybridized carbons (Fsp3) is 0.500. The molecule has 2 aliphatic rings. The van der Waals surface area contributed by atoms with Crippen molar-refractivity contribution in [2.45, 2.75) is 18.9 Å². The van der Waals surface area contributed by atoms with Gasteiger partial charge in [0.25, 0.3) is 0 Å². The van der Waals surface area contributed by atoms with Gasteiger partial charge in [-0.25, -0.2) is 0 Å². The highest BCUT2D eigenvalue weighted by Gasteiger charge is 2.22. The summed E-state index contributed by atoms with van der Waals surface area (Å²) in [6.07, 6.45) is 6.19. The van der Waals surface area contributed by atoms with Crippen LogP contribution in [0.1, 0.15) is 12.8 Å². The summed E-state index contributed by atoms with van der Waals surface area (Å²) < 4.78 is 5.39. The molecule has 0 radical (unpaired) electrons. The fourth-order valence-corrected chi connectivity index (χ4v) is 1.49. The minimum absolute atomic E-state index is 0.228. The number of hydrogen-bond donors (Lipinski definition) is 1. The summed E-state index contributed by atoms with van der Waals surface area (Å²) in [6, 6.07) is 0.228. The second-order valence-corrected chi connectivity index (χ2v) is 2.74. The highest BCUT2D eigenvalue weighted by molar-refractivity contribution is 5.33. The second kappa shape index (κ2) is 2.13. The normalized spacial score (nSPS) is 30.3. The monoisotopic (exact) mass is 137 g/mol. The van der Waals surface area contributed by atoms with Gasteiger partial charge in [-0.3, -0.25) is 0 Å². The largest absolute Gasteiger partial charge is 0.494 e. The van der Waals surface area contributed by atoms with Crippen molar-refractivity contribution < 1.29 is 4.74 Å². The van der Waals surface area contributed by atoms with E-state index in [0.29, 0.717) is 0 Å². The van der Waals surface area contributed by atoms with E-state index in [4.69, 9.17) is 10.5 Å². The van der Waals surface area contributed by atoms with Crippen LogP contribution in [0, 0.1) is 0 Å². The smallest absolute Gasteiger partial charge is 0.106 e. The Morgan fingerprint density at radius 2 is 2.50 bits per heavy atom. The Kier molecular flexibility index (Phi) is 1.27. The number of nitrogens with two attached hydrogens (primary N) is 1. The van der Waals surface area contributed by atoms with Gasteiger partial charge < -0.3 is 10.5 Å². The Hall–Kier alpha value is -0.760. The molecule has 1 heterocycles. The molecule has 2 N–H and O–H groups in total. The molecule has 0 aromatic carbocycles. The van der Waals surface area contributed by atoms with Gasteiger partial charge in [0.1, 0.15) is 12.4 Å². The molecule has 1 atom stereocenters. The lowest BCUT2D eigenvalue weighted by Crippen LogP contribution is -2.18. The average molecular weight is 137 g/mol. The summed E-state index contributed by atoms with van der Waals surface area (Å²) in [4.78, 5) is 0. The van der Waals surface area contributed by atoms with Crippen molar-refractivity contribution in [3.8, 4) is 0 Å². The van der Waals surface area contributed by atoms with Gasteiger partial charge in [-0.2, -0.15) is 0 Å². The van der Waals surface area contributed by atoms with Crippen LogP contribution in [-0.4, -0.2) is 12.6 Å². The van der Waals surface area contributed by atoms with Gasteiger partial charge in [0.05, 0.1) is 0 Å². The lowest BCUT2D eigenvalue weighted by Gasteiger charge is -2.11. The van der Waals surface area contributed by atoms with Crippen molar-refractivity contribution in [1.29, 1.82) is 0 Å². The van der Waals surface area contributed by atoms with Gasteiger partial charge in [-0.1, -0.05) is 6.08 Å². The van der Waals surface area contributed by atoms with E-state index >= 15 is 0 Å². The van der Waals surface area contributed by atoms with E-state index in [9.17, 15) is 0 Å². The standard InChI is InChI=1S/C8H11NO/c9-7-3-4-8-6(7)2-1-5-10-8/h1-2,7H,3-5,9H2/t7-/m0/s1. The zero-order valence-electron chi connectivity index (χ0n) is 5.84. The molecule has 1 aliphatic heterocycles. The average Bonchev–Trinajstić information content (AvgIpc) is 2.34. The topological polar surface area (TPSA) is 35.2 Å². The molecule has 0 aromatic rings. The van der Waals surface area contributed by atoms with Gasteiger partial charge in [-0.15, -0.1) is 0 Å².